The van der Waals surface area contributed by atoms with Gasteiger partial charge in [0.05, 0.1) is 0 Å². The zero-order valence-electron chi connectivity index (χ0n) is 7.95. The Morgan fingerprint density at radius 3 is 2.93 bits per heavy atom. The summed E-state index contributed by atoms with van der Waals surface area (Å²) in [4.78, 5) is 22.5. The first kappa shape index (κ1) is 9.42. The molecule has 2 atom stereocenters. The lowest BCUT2D eigenvalue weighted by Crippen LogP contribution is -2.65. The fraction of sp³-hybridized carbons (Fsp3) is 0.750. The minimum absolute atomic E-state index is 0.245. The average molecular weight is 199 g/mol. The molecule has 14 heavy (non-hydrogen) atoms. The number of carbonyl (C=O) groups is 2. The fourth-order valence-electron chi connectivity index (χ4n) is 1.58. The molecule has 0 radical (unpaired) electrons. The van der Waals surface area contributed by atoms with Crippen LogP contribution < -0.4 is 10.7 Å². The monoisotopic (exact) mass is 199 g/mol. The number of hydrogen-bond acceptors (Lipinski definition) is 4. The van der Waals surface area contributed by atoms with E-state index in [0.717, 1.165) is 12.8 Å². The van der Waals surface area contributed by atoms with Gasteiger partial charge in [0.15, 0.2) is 0 Å². The maximum atomic E-state index is 11.4. The summed E-state index contributed by atoms with van der Waals surface area (Å²) in [5.41, 5.74) is 2.80. The third-order valence-corrected chi connectivity index (χ3v) is 2.37. The molecule has 2 fully saturated rings. The molecular weight excluding hydrogens is 186 g/mol. The normalized spacial score (nSPS) is 33.4. The first-order chi connectivity index (χ1) is 6.68. The number of nitrogens with zero attached hydrogens (tertiary/aromatic N) is 1. The highest BCUT2D eigenvalue weighted by molar-refractivity contribution is 5.98. The number of carbonyl (C=O) groups excluding carboxylic acids is 2. The Labute approximate surface area is 81.5 Å². The molecule has 78 valence electrons. The van der Waals surface area contributed by atoms with E-state index in [2.05, 4.69) is 10.7 Å². The summed E-state index contributed by atoms with van der Waals surface area (Å²) in [6.07, 6.45) is 1.50. The first-order valence-electron chi connectivity index (χ1n) is 4.70. The second-order valence-corrected chi connectivity index (χ2v) is 3.48. The third-order valence-electron chi connectivity index (χ3n) is 2.37. The van der Waals surface area contributed by atoms with Crippen molar-refractivity contribution >= 4 is 11.9 Å². The molecule has 0 aromatic carbocycles. The fourth-order valence-corrected chi connectivity index (χ4v) is 1.58. The molecule has 2 unspecified atom stereocenters. The number of hydrogen-bond donors (Lipinski definition) is 2. The second kappa shape index (κ2) is 3.55. The third kappa shape index (κ3) is 1.58. The molecule has 2 rings (SSSR count). The predicted molar refractivity (Wildman–Crippen MR) is 46.9 cm³/mol. The number of amides is 3. The molecule has 0 bridgehead atoms. The lowest BCUT2D eigenvalue weighted by atomic mass is 10.3. The number of nitrogens with one attached hydrogen (secondary N) is 2. The summed E-state index contributed by atoms with van der Waals surface area (Å²) in [5.74, 6) is -0.302. The minimum atomic E-state index is -0.431. The molecular formula is C8H13N3O3. The number of urea groups is 1. The van der Waals surface area contributed by atoms with E-state index in [1.54, 1.807) is 6.92 Å². The predicted octanol–water partition coefficient (Wildman–Crippen LogP) is -0.432. The van der Waals surface area contributed by atoms with Gasteiger partial charge in [0.2, 0.25) is 5.91 Å². The Morgan fingerprint density at radius 2 is 2.29 bits per heavy atom. The lowest BCUT2D eigenvalue weighted by molar-refractivity contribution is -0.128. The van der Waals surface area contributed by atoms with Crippen LogP contribution in [0.15, 0.2) is 0 Å². The van der Waals surface area contributed by atoms with Gasteiger partial charge < -0.3 is 4.74 Å². The summed E-state index contributed by atoms with van der Waals surface area (Å²) in [6, 6.07) is -0.822. The largest absolute Gasteiger partial charge is 0.357 e. The van der Waals surface area contributed by atoms with Gasteiger partial charge in [-0.15, -0.1) is 0 Å². The summed E-state index contributed by atoms with van der Waals surface area (Å²) in [6.45, 7) is 2.36. The van der Waals surface area contributed by atoms with Crippen LogP contribution >= 0.6 is 0 Å². The van der Waals surface area contributed by atoms with Crippen molar-refractivity contribution in [3.8, 4) is 0 Å². The van der Waals surface area contributed by atoms with E-state index in [0.29, 0.717) is 6.61 Å². The van der Waals surface area contributed by atoms with Crippen LogP contribution in [0.3, 0.4) is 0 Å². The molecule has 2 saturated heterocycles. The molecule has 0 aliphatic carbocycles. The molecule has 2 N–H and O–H groups in total. The SMILES string of the molecule is CC1NN(C2CCCO2)C(=O)NC1=O. The van der Waals surface area contributed by atoms with Crippen molar-refractivity contribution in [1.29, 1.82) is 0 Å². The zero-order chi connectivity index (χ0) is 10.1. The van der Waals surface area contributed by atoms with E-state index in [1.807, 2.05) is 0 Å². The molecule has 0 aromatic heterocycles. The van der Waals surface area contributed by atoms with Crippen molar-refractivity contribution in [2.24, 2.45) is 0 Å². The van der Waals surface area contributed by atoms with Gasteiger partial charge in [-0.05, 0) is 19.8 Å². The Balaban J connectivity index is 2.04. The van der Waals surface area contributed by atoms with Gasteiger partial charge in [0.1, 0.15) is 12.3 Å². The van der Waals surface area contributed by atoms with Gasteiger partial charge in [-0.3, -0.25) is 10.1 Å². The highest BCUT2D eigenvalue weighted by Gasteiger charge is 2.35. The van der Waals surface area contributed by atoms with Gasteiger partial charge in [-0.1, -0.05) is 0 Å². The molecule has 0 aromatic rings. The van der Waals surface area contributed by atoms with Gasteiger partial charge in [-0.25, -0.2) is 15.2 Å². The van der Waals surface area contributed by atoms with E-state index in [-0.39, 0.29) is 12.1 Å². The number of hydrazine groups is 1. The van der Waals surface area contributed by atoms with Gasteiger partial charge in [0, 0.05) is 6.61 Å². The van der Waals surface area contributed by atoms with Crippen LogP contribution in [0.4, 0.5) is 4.79 Å². The molecule has 6 nitrogen and oxygen atoms in total. The maximum Gasteiger partial charge on any atom is 0.340 e. The Morgan fingerprint density at radius 1 is 1.50 bits per heavy atom. The van der Waals surface area contributed by atoms with E-state index in [9.17, 15) is 9.59 Å². The van der Waals surface area contributed by atoms with Crippen LogP contribution in [-0.4, -0.2) is 35.8 Å². The van der Waals surface area contributed by atoms with Crippen LogP contribution in [0, 0.1) is 0 Å². The Kier molecular flexibility index (Phi) is 2.39. The topological polar surface area (TPSA) is 70.7 Å². The molecule has 2 heterocycles. The molecule has 0 saturated carbocycles. The van der Waals surface area contributed by atoms with Gasteiger partial charge in [-0.2, -0.15) is 0 Å². The van der Waals surface area contributed by atoms with Crippen LogP contribution in [0.5, 0.6) is 0 Å². The lowest BCUT2D eigenvalue weighted by Gasteiger charge is -2.34. The number of ether oxygens (including phenoxy) is 1. The van der Waals surface area contributed by atoms with E-state index >= 15 is 0 Å². The van der Waals surface area contributed by atoms with Crippen LogP contribution in [-0.2, 0) is 9.53 Å². The van der Waals surface area contributed by atoms with Crippen molar-refractivity contribution in [2.75, 3.05) is 6.61 Å². The Bertz CT molecular complexity index is 263. The van der Waals surface area contributed by atoms with Crippen LogP contribution in [0.25, 0.3) is 0 Å². The van der Waals surface area contributed by atoms with Gasteiger partial charge in [0.25, 0.3) is 0 Å². The van der Waals surface area contributed by atoms with Crippen LogP contribution in [0.2, 0.25) is 0 Å². The highest BCUT2D eigenvalue weighted by atomic mass is 16.5. The highest BCUT2D eigenvalue weighted by Crippen LogP contribution is 2.16. The van der Waals surface area contributed by atoms with Crippen molar-refractivity contribution in [1.82, 2.24) is 15.8 Å². The minimum Gasteiger partial charge on any atom is -0.357 e. The zero-order valence-corrected chi connectivity index (χ0v) is 7.95. The van der Waals surface area contributed by atoms with E-state index in [4.69, 9.17) is 4.74 Å². The summed E-state index contributed by atoms with van der Waals surface area (Å²) >= 11 is 0. The second-order valence-electron chi connectivity index (χ2n) is 3.48. The van der Waals surface area contributed by atoms with Crippen molar-refractivity contribution in [3.05, 3.63) is 0 Å². The molecule has 2 aliphatic rings. The van der Waals surface area contributed by atoms with E-state index < -0.39 is 12.1 Å². The molecule has 0 spiro atoms. The number of imide groups is 1. The first-order valence-corrected chi connectivity index (χ1v) is 4.70. The quantitative estimate of drug-likeness (QED) is 0.601. The van der Waals surface area contributed by atoms with Crippen molar-refractivity contribution < 1.29 is 14.3 Å². The molecule has 6 heteroatoms. The number of rotatable bonds is 1. The van der Waals surface area contributed by atoms with Crippen molar-refractivity contribution in [2.45, 2.75) is 32.0 Å². The summed E-state index contributed by atoms with van der Waals surface area (Å²) < 4.78 is 5.34. The average Bonchev–Trinajstić information content (AvgIpc) is 2.64. The smallest absolute Gasteiger partial charge is 0.340 e. The van der Waals surface area contributed by atoms with Gasteiger partial charge >= 0.3 is 6.03 Å². The van der Waals surface area contributed by atoms with E-state index in [1.165, 1.54) is 5.01 Å². The maximum absolute atomic E-state index is 11.4. The van der Waals surface area contributed by atoms with Crippen molar-refractivity contribution in [3.63, 3.8) is 0 Å². The standard InChI is InChI=1S/C8H13N3O3/c1-5-7(12)9-8(13)11(10-5)6-3-2-4-14-6/h5-6,10H,2-4H2,1H3,(H,9,12,13). The Hall–Kier alpha value is -1.14. The summed E-state index contributed by atoms with van der Waals surface area (Å²) in [7, 11) is 0. The summed E-state index contributed by atoms with van der Waals surface area (Å²) in [5, 5.41) is 3.62. The van der Waals surface area contributed by atoms with Crippen LogP contribution in [0.1, 0.15) is 19.8 Å². The molecule has 3 amide bonds. The molecule has 2 aliphatic heterocycles.